The van der Waals surface area contributed by atoms with Crippen LogP contribution in [0.25, 0.3) is 39.5 Å². The third-order valence-corrected chi connectivity index (χ3v) is 14.5. The van der Waals surface area contributed by atoms with Crippen LogP contribution in [-0.4, -0.2) is 134 Å². The number of aliphatic hydroxyl groups is 4. The summed E-state index contributed by atoms with van der Waals surface area (Å²) >= 11 is 5.53. The molecule has 0 bridgehead atoms. The second-order valence-electron chi connectivity index (χ2n) is 19.7. The highest BCUT2D eigenvalue weighted by molar-refractivity contribution is 7.81. The molecule has 1 saturated carbocycles. The number of nitrogens with one attached hydrogen (secondary N) is 4. The molecule has 7 rings (SSSR count). The van der Waals surface area contributed by atoms with Gasteiger partial charge in [0, 0.05) is 65.3 Å². The van der Waals surface area contributed by atoms with Crippen LogP contribution in [-0.2, 0) is 43.1 Å². The van der Waals surface area contributed by atoms with E-state index in [9.17, 15) is 43.2 Å². The molecule has 9 N–H and O–H groups in total. The highest BCUT2D eigenvalue weighted by Gasteiger charge is 2.43. The standard InChI is InChI=1S/C57H70N4O16S2/c1-35-13-18-43-47(28-35)76-48-32-41(62)17-20-44(48)51(43)42-19-16-40(31-46(42)55(67)68)61-57(78)60-22-8-4-7-21-58-50(63)34-73-27-26-72-24-9-12-39-29-38(15-14-37-10-5-3-6-11-37)30-45(39)54(66)59-23-25-74-56-53(65)36(2)52(64)49(77-56)33-75-79(69,70)71/h3,5-6,9-20,28,31-32,36,38-39,45,49,52-53,55-56,64-65,67-68H,4,7-8,21-27,29-30,33-34H2,1-2H3,(H,58,63)(H,59,66)(H2,60,61,78)(H,69,70,71)/b12-9?,15-14+. The Labute approximate surface area is 464 Å². The normalized spacial score (nSPS) is 21.6. The highest BCUT2D eigenvalue weighted by atomic mass is 32.3. The van der Waals surface area contributed by atoms with Crippen molar-refractivity contribution in [3.05, 3.63) is 130 Å². The maximum atomic E-state index is 13.6. The molecule has 2 heterocycles. The summed E-state index contributed by atoms with van der Waals surface area (Å²) in [6.07, 6.45) is 4.91. The van der Waals surface area contributed by atoms with Crippen LogP contribution in [0.2, 0.25) is 0 Å². The molecule has 2 aliphatic carbocycles. The summed E-state index contributed by atoms with van der Waals surface area (Å²) in [6.45, 7) is 4.48. The monoisotopic (exact) mass is 1130 g/mol. The average molecular weight is 1130 g/mol. The first-order valence-corrected chi connectivity index (χ1v) is 28.1. The van der Waals surface area contributed by atoms with Gasteiger partial charge in [0.25, 0.3) is 0 Å². The Kier molecular flexibility index (Phi) is 22.6. The lowest BCUT2D eigenvalue weighted by molar-refractivity contribution is -0.285. The van der Waals surface area contributed by atoms with Crippen LogP contribution in [0.5, 0.6) is 0 Å². The molecule has 22 heteroatoms. The van der Waals surface area contributed by atoms with Gasteiger partial charge in [-0.3, -0.25) is 18.9 Å². The van der Waals surface area contributed by atoms with Gasteiger partial charge in [-0.05, 0) is 110 Å². The number of unbranched alkanes of at least 4 members (excludes halogenated alkanes) is 2. The minimum Gasteiger partial charge on any atom is -0.456 e. The van der Waals surface area contributed by atoms with Crippen molar-refractivity contribution in [2.24, 2.45) is 23.7 Å². The van der Waals surface area contributed by atoms with Crippen molar-refractivity contribution < 1.29 is 70.5 Å². The number of carbonyl (C=O) groups is 2. The first kappa shape index (κ1) is 60.6. The fourth-order valence-corrected chi connectivity index (χ4v) is 10.2. The van der Waals surface area contributed by atoms with E-state index < -0.39 is 53.8 Å². The zero-order valence-electron chi connectivity index (χ0n) is 44.0. The Balaban J connectivity index is 0.767. The number of allylic oxidation sites excluding steroid dienone is 2. The van der Waals surface area contributed by atoms with Gasteiger partial charge in [0.2, 0.25) is 11.8 Å². The second kappa shape index (κ2) is 29.5. The number of thiocarbonyl (C=S) groups is 1. The number of hydrogen-bond acceptors (Lipinski definition) is 16. The van der Waals surface area contributed by atoms with Gasteiger partial charge >= 0.3 is 10.4 Å². The Morgan fingerprint density at radius 1 is 0.848 bits per heavy atom. The number of ether oxygens (including phenoxy) is 4. The van der Waals surface area contributed by atoms with E-state index in [0.29, 0.717) is 58.3 Å². The Bertz CT molecular complexity index is 3030. The van der Waals surface area contributed by atoms with Crippen molar-refractivity contribution in [3.63, 3.8) is 0 Å². The van der Waals surface area contributed by atoms with Crippen molar-refractivity contribution in [2.75, 3.05) is 64.6 Å². The Morgan fingerprint density at radius 2 is 1.61 bits per heavy atom. The smallest absolute Gasteiger partial charge is 0.397 e. The minimum atomic E-state index is -4.79. The van der Waals surface area contributed by atoms with Gasteiger partial charge in [-0.15, -0.1) is 0 Å². The van der Waals surface area contributed by atoms with Crippen LogP contribution in [0, 0.1) is 30.6 Å². The predicted octanol–water partition coefficient (Wildman–Crippen LogP) is 5.41. The maximum absolute atomic E-state index is 13.6. The molecule has 20 nitrogen and oxygen atoms in total. The molecule has 2 aliphatic heterocycles. The number of carbonyl (C=O) groups excluding carboxylic acids is 2. The average Bonchev–Trinajstić information content (AvgIpc) is 3.92. The van der Waals surface area contributed by atoms with E-state index in [1.54, 1.807) is 24.3 Å². The first-order chi connectivity index (χ1) is 37.9. The zero-order valence-corrected chi connectivity index (χ0v) is 45.7. The van der Waals surface area contributed by atoms with E-state index >= 15 is 0 Å². The van der Waals surface area contributed by atoms with Crippen molar-refractivity contribution in [1.29, 1.82) is 0 Å². The lowest BCUT2D eigenvalue weighted by Gasteiger charge is -2.40. The fourth-order valence-electron chi connectivity index (χ4n) is 9.72. The molecule has 0 aromatic heterocycles. The molecule has 4 aliphatic rings. The van der Waals surface area contributed by atoms with Crippen molar-refractivity contribution in [1.82, 2.24) is 16.0 Å². The van der Waals surface area contributed by atoms with E-state index in [-0.39, 0.29) is 80.1 Å². The number of fused-ring (bicyclic) bond motifs is 2. The number of anilines is 1. The largest absolute Gasteiger partial charge is 0.456 e. The van der Waals surface area contributed by atoms with Crippen LogP contribution in [0.1, 0.15) is 62.0 Å². The summed E-state index contributed by atoms with van der Waals surface area (Å²) in [5, 5.41) is 55.2. The molecular formula is C57H70N4O16S2. The van der Waals surface area contributed by atoms with E-state index in [0.717, 1.165) is 42.2 Å². The molecule has 8 unspecified atom stereocenters. The quantitative estimate of drug-likeness (QED) is 0.00793. The Morgan fingerprint density at radius 3 is 2.38 bits per heavy atom. The summed E-state index contributed by atoms with van der Waals surface area (Å²) < 4.78 is 64.0. The van der Waals surface area contributed by atoms with Crippen LogP contribution in [0.15, 0.2) is 112 Å². The number of aliphatic hydroxyl groups excluding tert-OH is 3. The van der Waals surface area contributed by atoms with Gasteiger partial charge in [0.15, 0.2) is 23.1 Å². The van der Waals surface area contributed by atoms with E-state index in [1.807, 2.05) is 67.6 Å². The Hall–Kier alpha value is -5.99. The van der Waals surface area contributed by atoms with Crippen molar-refractivity contribution in [2.45, 2.75) is 76.8 Å². The van der Waals surface area contributed by atoms with Crippen LogP contribution >= 0.6 is 12.2 Å². The fraction of sp³-hybridized carbons (Fsp3) is 0.439. The lowest BCUT2D eigenvalue weighted by atomic mass is 9.90. The molecule has 1 saturated heterocycles. The molecule has 3 aromatic rings. The topological polar surface area (TPSA) is 294 Å². The molecule has 2 fully saturated rings. The maximum Gasteiger partial charge on any atom is 0.397 e. The van der Waals surface area contributed by atoms with Gasteiger partial charge in [0.1, 0.15) is 30.2 Å². The summed E-state index contributed by atoms with van der Waals surface area (Å²) in [7, 11) is -4.79. The van der Waals surface area contributed by atoms with Gasteiger partial charge in [-0.25, -0.2) is 4.18 Å². The molecule has 0 spiro atoms. The number of amides is 2. The van der Waals surface area contributed by atoms with Crippen molar-refractivity contribution in [3.8, 4) is 22.5 Å². The van der Waals surface area contributed by atoms with Gasteiger partial charge in [0.05, 0.1) is 39.1 Å². The third-order valence-electron chi connectivity index (χ3n) is 13.8. The summed E-state index contributed by atoms with van der Waals surface area (Å²) in [6, 6.07) is 25.4. The van der Waals surface area contributed by atoms with E-state index in [4.69, 9.17) is 40.1 Å². The third kappa shape index (κ3) is 18.0. The molecule has 3 aromatic carbocycles. The zero-order chi connectivity index (χ0) is 56.5. The highest BCUT2D eigenvalue weighted by Crippen LogP contribution is 2.43. The number of benzene rings is 4. The van der Waals surface area contributed by atoms with Crippen LogP contribution in [0.3, 0.4) is 0 Å². The number of hydrogen-bond donors (Lipinski definition) is 9. The molecule has 8 atom stereocenters. The summed E-state index contributed by atoms with van der Waals surface area (Å²) in [5.41, 5.74) is 5.11. The van der Waals surface area contributed by atoms with Crippen LogP contribution < -0.4 is 26.7 Å². The van der Waals surface area contributed by atoms with Gasteiger partial charge in [-0.2, -0.15) is 8.42 Å². The second-order valence-corrected chi connectivity index (χ2v) is 21.2. The van der Waals surface area contributed by atoms with E-state index in [2.05, 4.69) is 37.6 Å². The van der Waals surface area contributed by atoms with Crippen molar-refractivity contribution >= 4 is 62.3 Å². The summed E-state index contributed by atoms with van der Waals surface area (Å²) in [4.78, 5) is 38.2. The molecular weight excluding hydrogens is 1060 g/mol. The molecule has 2 amide bonds. The predicted molar refractivity (Wildman–Crippen MR) is 300 cm³/mol. The molecule has 0 radical (unpaired) electrons. The molecule has 79 heavy (non-hydrogen) atoms. The van der Waals surface area contributed by atoms with Crippen LogP contribution in [0.4, 0.5) is 5.69 Å². The van der Waals surface area contributed by atoms with Gasteiger partial charge in [-0.1, -0.05) is 79.8 Å². The molecule has 426 valence electrons. The van der Waals surface area contributed by atoms with Gasteiger partial charge < -0.3 is 65.1 Å². The number of rotatable bonds is 27. The first-order valence-electron chi connectivity index (χ1n) is 26.3. The lowest BCUT2D eigenvalue weighted by Crippen LogP contribution is -2.55. The minimum absolute atomic E-state index is 0.0561. The SMILES string of the molecule is Cc1ccc2c(-c3ccc(NC(=S)NCCCCCNC(=O)COCCOCC=CC4CC(/C=C/c5ccccc5)CC4C(=O)NCCOC4OC(COS(=O)(=O)O)C(O)C(C)C4O)cc3C(O)O)c3ccc(=O)cc-3oc2c1. The number of aryl methyl sites for hydroxylation is 1. The van der Waals surface area contributed by atoms with E-state index in [1.165, 1.54) is 19.1 Å². The summed E-state index contributed by atoms with van der Waals surface area (Å²) in [5.74, 6) is -1.10.